The molecule has 49 heavy (non-hydrogen) atoms. The number of nitrogens with zero attached hydrogens (tertiary/aromatic N) is 6. The van der Waals surface area contributed by atoms with Crippen molar-refractivity contribution in [1.82, 2.24) is 29.1 Å². The van der Waals surface area contributed by atoms with Crippen molar-refractivity contribution in [3.8, 4) is 11.5 Å². The molecule has 0 aliphatic carbocycles. The number of nitrogens with two attached hydrogens (primary N) is 2. The van der Waals surface area contributed by atoms with Crippen molar-refractivity contribution in [3.05, 3.63) is 79.7 Å². The summed E-state index contributed by atoms with van der Waals surface area (Å²) < 4.78 is 8.82. The van der Waals surface area contributed by atoms with Gasteiger partial charge in [0.2, 0.25) is 23.7 Å². The van der Waals surface area contributed by atoms with Gasteiger partial charge in [-0.25, -0.2) is 19.9 Å². The first kappa shape index (κ1) is 32.8. The zero-order valence-electron chi connectivity index (χ0n) is 26.2. The number of ether oxygens (including phenoxy) is 1. The molecule has 4 aromatic heterocycles. The Morgan fingerprint density at radius 1 is 0.776 bits per heavy atom. The number of carbonyl (C=O) groups is 4. The normalized spacial score (nSPS) is 11.4. The molecule has 0 aliphatic heterocycles. The van der Waals surface area contributed by atoms with Crippen molar-refractivity contribution >= 4 is 80.3 Å². The molecule has 4 amide bonds. The highest BCUT2D eigenvalue weighted by Gasteiger charge is 2.22. The third-order valence-electron chi connectivity index (χ3n) is 7.24. The van der Waals surface area contributed by atoms with Crippen LogP contribution in [0.3, 0.4) is 0 Å². The number of nitrogens with one attached hydrogen (secondary N) is 2. The van der Waals surface area contributed by atoms with Gasteiger partial charge in [-0.2, -0.15) is 0 Å². The van der Waals surface area contributed by atoms with E-state index in [9.17, 15) is 24.3 Å². The smallest absolute Gasteiger partial charge is 0.286 e. The zero-order chi connectivity index (χ0) is 35.0. The molecule has 0 unspecified atom stereocenters. The highest BCUT2D eigenvalue weighted by molar-refractivity contribution is 7.12. The number of thiazole rings is 2. The summed E-state index contributed by atoms with van der Waals surface area (Å²) in [5.74, 6) is -2.12. The highest BCUT2D eigenvalue weighted by Crippen LogP contribution is 2.32. The van der Waals surface area contributed by atoms with E-state index >= 15 is 0 Å². The molecule has 0 bridgehead atoms. The number of allylic oxidation sites excluding steroid dienone is 2. The third-order valence-corrected chi connectivity index (χ3v) is 9.15. The molecule has 0 aliphatic rings. The van der Waals surface area contributed by atoms with E-state index in [2.05, 4.69) is 30.6 Å². The standard InChI is InChI=1S/C31H28N10O6S2/c1-14-12-48-28(34-14)26(45)38-30-36-18-8-16(24(32)43)10-20(42)22(18)40(30)6-4-5-7-41-23-19(9-17(25(33)44)11-21(23)47-3)37-31(41)39-27(46)29-35-15(2)13-49-29/h4-5,8-13,42H,6-7H2,1-3H3,(H2,32,43)(H2,33,44)(H,36,38,45)(H,37,39,46)/b5-4+. The average Bonchev–Trinajstić information content (AvgIpc) is 3.84. The number of primary amides is 2. The number of rotatable bonds is 11. The number of amides is 4. The second-order valence-corrected chi connectivity index (χ2v) is 12.4. The number of benzene rings is 2. The number of fused-ring (bicyclic) bond motifs is 2. The van der Waals surface area contributed by atoms with Gasteiger partial charge in [0.25, 0.3) is 11.8 Å². The van der Waals surface area contributed by atoms with Crippen LogP contribution in [0.1, 0.15) is 51.7 Å². The second kappa shape index (κ2) is 13.2. The number of phenols is 1. The summed E-state index contributed by atoms with van der Waals surface area (Å²) in [5, 5.41) is 20.4. The summed E-state index contributed by atoms with van der Waals surface area (Å²) in [5.41, 5.74) is 13.9. The monoisotopic (exact) mass is 700 g/mol. The fraction of sp³-hybridized carbons (Fsp3) is 0.161. The first-order valence-corrected chi connectivity index (χ1v) is 16.2. The van der Waals surface area contributed by atoms with Crippen molar-refractivity contribution in [2.24, 2.45) is 11.5 Å². The van der Waals surface area contributed by atoms with Crippen molar-refractivity contribution in [1.29, 1.82) is 0 Å². The topological polar surface area (TPSA) is 235 Å². The number of methoxy groups -OCH3 is 1. The minimum atomic E-state index is -0.755. The molecule has 0 saturated heterocycles. The second-order valence-electron chi connectivity index (χ2n) is 10.7. The number of anilines is 2. The van der Waals surface area contributed by atoms with Gasteiger partial charge in [0.05, 0.1) is 18.1 Å². The Labute approximate surface area is 285 Å². The van der Waals surface area contributed by atoms with Crippen molar-refractivity contribution in [2.75, 3.05) is 17.7 Å². The minimum absolute atomic E-state index is 0.0431. The molecule has 18 heteroatoms. The van der Waals surface area contributed by atoms with Crippen molar-refractivity contribution < 1.29 is 29.0 Å². The van der Waals surface area contributed by atoms with E-state index in [1.54, 1.807) is 45.9 Å². The van der Waals surface area contributed by atoms with Gasteiger partial charge in [0.15, 0.2) is 10.0 Å². The molecule has 0 atom stereocenters. The Morgan fingerprint density at radius 2 is 1.24 bits per heavy atom. The van der Waals surface area contributed by atoms with Gasteiger partial charge in [-0.15, -0.1) is 22.7 Å². The van der Waals surface area contributed by atoms with Crippen LogP contribution >= 0.6 is 22.7 Å². The lowest BCUT2D eigenvalue weighted by Crippen LogP contribution is -2.16. The number of hydrogen-bond acceptors (Lipinski definition) is 12. The van der Waals surface area contributed by atoms with Gasteiger partial charge in [-0.1, -0.05) is 12.2 Å². The van der Waals surface area contributed by atoms with E-state index < -0.39 is 23.6 Å². The fourth-order valence-corrected chi connectivity index (χ4v) is 6.43. The van der Waals surface area contributed by atoms with E-state index in [-0.39, 0.29) is 62.9 Å². The van der Waals surface area contributed by atoms with E-state index in [0.29, 0.717) is 28.2 Å². The molecular weight excluding hydrogens is 673 g/mol. The first-order valence-electron chi connectivity index (χ1n) is 14.5. The molecular formula is C31H28N10O6S2. The first-order chi connectivity index (χ1) is 23.4. The molecule has 2 aromatic carbocycles. The number of phenolic OH excluding ortho intramolecular Hbond substituents is 1. The van der Waals surface area contributed by atoms with Crippen molar-refractivity contribution in [3.63, 3.8) is 0 Å². The Kier molecular flexibility index (Phi) is 8.81. The lowest BCUT2D eigenvalue weighted by atomic mass is 10.1. The Bertz CT molecular complexity index is 2330. The fourth-order valence-electron chi connectivity index (χ4n) is 5.05. The van der Waals surface area contributed by atoms with Crippen LogP contribution in [0.25, 0.3) is 22.1 Å². The maximum absolute atomic E-state index is 13.1. The minimum Gasteiger partial charge on any atom is -0.506 e. The SMILES string of the molecule is COc1cc(C(N)=O)cc2nc(NC(=O)c3nc(C)cs3)n(C/C=C/Cn3c(NC(=O)c4nc(C)cs4)nc4cc(C(N)=O)cc(O)c43)c12. The number of aromatic hydroxyl groups is 1. The molecule has 0 spiro atoms. The highest BCUT2D eigenvalue weighted by atomic mass is 32.1. The summed E-state index contributed by atoms with van der Waals surface area (Å²) in [7, 11) is 1.44. The Morgan fingerprint density at radius 3 is 1.69 bits per heavy atom. The van der Waals surface area contributed by atoms with E-state index in [0.717, 1.165) is 0 Å². The molecule has 6 aromatic rings. The Hall–Kier alpha value is -6.14. The Balaban J connectivity index is 1.36. The van der Waals surface area contributed by atoms with Crippen molar-refractivity contribution in [2.45, 2.75) is 26.9 Å². The van der Waals surface area contributed by atoms with Crippen LogP contribution in [0.5, 0.6) is 11.5 Å². The number of hydrogen-bond donors (Lipinski definition) is 5. The van der Waals surface area contributed by atoms with Gasteiger partial charge in [-0.05, 0) is 38.1 Å². The summed E-state index contributed by atoms with van der Waals surface area (Å²) in [6.45, 7) is 3.80. The molecule has 16 nitrogen and oxygen atoms in total. The largest absolute Gasteiger partial charge is 0.506 e. The van der Waals surface area contributed by atoms with Gasteiger partial charge in [-0.3, -0.25) is 29.8 Å². The van der Waals surface area contributed by atoms with E-state index in [1.165, 1.54) is 54.0 Å². The lowest BCUT2D eigenvalue weighted by Gasteiger charge is -2.11. The number of aryl methyl sites for hydroxylation is 2. The van der Waals surface area contributed by atoms with Crippen LogP contribution in [0.2, 0.25) is 0 Å². The molecule has 0 radical (unpaired) electrons. The van der Waals surface area contributed by atoms with Crippen LogP contribution in [0, 0.1) is 13.8 Å². The summed E-state index contributed by atoms with van der Waals surface area (Å²) in [6, 6.07) is 5.64. The van der Waals surface area contributed by atoms with Crippen LogP contribution < -0.4 is 26.8 Å². The lowest BCUT2D eigenvalue weighted by molar-refractivity contribution is 0.0991. The molecule has 0 fully saturated rings. The van der Waals surface area contributed by atoms with Crippen LogP contribution in [-0.2, 0) is 13.1 Å². The van der Waals surface area contributed by atoms with E-state index in [4.69, 9.17) is 16.2 Å². The number of imidazole rings is 2. The van der Waals surface area contributed by atoms with Gasteiger partial charge < -0.3 is 30.4 Å². The third kappa shape index (κ3) is 6.54. The van der Waals surface area contributed by atoms with Crippen LogP contribution in [-0.4, -0.2) is 64.9 Å². The molecule has 0 saturated carbocycles. The predicted octanol–water partition coefficient (Wildman–Crippen LogP) is 3.59. The molecule has 250 valence electrons. The van der Waals surface area contributed by atoms with Gasteiger partial charge in [0.1, 0.15) is 22.5 Å². The number of carbonyl (C=O) groups excluding carboxylic acids is 4. The predicted molar refractivity (Wildman–Crippen MR) is 183 cm³/mol. The molecule has 7 N–H and O–H groups in total. The summed E-state index contributed by atoms with van der Waals surface area (Å²) >= 11 is 2.35. The molecule has 6 rings (SSSR count). The van der Waals surface area contributed by atoms with Gasteiger partial charge >= 0.3 is 0 Å². The van der Waals surface area contributed by atoms with Gasteiger partial charge in [0, 0.05) is 46.4 Å². The average molecular weight is 701 g/mol. The maximum Gasteiger partial charge on any atom is 0.286 e. The zero-order valence-corrected chi connectivity index (χ0v) is 27.8. The quantitative estimate of drug-likeness (QED) is 0.123. The van der Waals surface area contributed by atoms with Crippen LogP contribution in [0.4, 0.5) is 11.9 Å². The van der Waals surface area contributed by atoms with E-state index in [1.807, 2.05) is 0 Å². The summed E-state index contributed by atoms with van der Waals surface area (Å²) in [6.07, 6.45) is 3.51. The summed E-state index contributed by atoms with van der Waals surface area (Å²) in [4.78, 5) is 67.5. The number of aromatic nitrogens is 6. The maximum atomic E-state index is 13.1. The van der Waals surface area contributed by atoms with Crippen LogP contribution in [0.15, 0.2) is 47.2 Å². The molecule has 4 heterocycles.